The summed E-state index contributed by atoms with van der Waals surface area (Å²) in [5.74, 6) is -0.274. The van der Waals surface area contributed by atoms with Crippen molar-refractivity contribution in [2.45, 2.75) is 24.7 Å². The minimum atomic E-state index is -0.418. The molecule has 29 heavy (non-hydrogen) atoms. The van der Waals surface area contributed by atoms with Crippen molar-refractivity contribution in [3.05, 3.63) is 69.8 Å². The van der Waals surface area contributed by atoms with E-state index in [0.717, 1.165) is 19.3 Å². The lowest BCUT2D eigenvalue weighted by Crippen LogP contribution is -2.45. The maximum Gasteiger partial charge on any atom is 0.293 e. The molecule has 7 heteroatoms. The van der Waals surface area contributed by atoms with E-state index in [9.17, 15) is 14.9 Å². The number of morpholine rings is 1. The number of carbonyl (C=O) groups is 1. The number of nitrogens with one attached hydrogen (secondary N) is 1. The summed E-state index contributed by atoms with van der Waals surface area (Å²) < 4.78 is 5.32. The molecule has 0 spiro atoms. The molecule has 0 unspecified atom stereocenters. The van der Waals surface area contributed by atoms with Crippen LogP contribution in [0.5, 0.6) is 0 Å². The second-order valence-electron chi connectivity index (χ2n) is 7.74. The van der Waals surface area contributed by atoms with E-state index < -0.39 is 4.92 Å². The molecule has 1 amide bonds. The Morgan fingerprint density at radius 1 is 1.14 bits per heavy atom. The van der Waals surface area contributed by atoms with Crippen molar-refractivity contribution in [1.29, 1.82) is 0 Å². The Morgan fingerprint density at radius 2 is 1.86 bits per heavy atom. The van der Waals surface area contributed by atoms with Gasteiger partial charge in [-0.15, -0.1) is 0 Å². The van der Waals surface area contributed by atoms with E-state index in [4.69, 9.17) is 4.74 Å². The number of nitrogens with zero attached hydrogens (tertiary/aromatic N) is 2. The first-order valence-electron chi connectivity index (χ1n) is 10.0. The van der Waals surface area contributed by atoms with E-state index >= 15 is 0 Å². The Balaban J connectivity index is 1.50. The van der Waals surface area contributed by atoms with Crippen molar-refractivity contribution >= 4 is 17.3 Å². The fourth-order valence-electron chi connectivity index (χ4n) is 4.20. The molecule has 2 fully saturated rings. The highest BCUT2D eigenvalue weighted by Gasteiger charge is 2.38. The molecule has 7 nitrogen and oxygen atoms in total. The SMILES string of the molecule is O=C(NCC1(c2ccccc2)CCC1)c1ccc(N2CCOCC2)c([N+](=O)[O-])c1. The minimum Gasteiger partial charge on any atom is -0.378 e. The number of nitro benzene ring substituents is 1. The van der Waals surface area contributed by atoms with Crippen molar-refractivity contribution in [3.8, 4) is 0 Å². The molecule has 1 saturated carbocycles. The number of benzene rings is 2. The maximum absolute atomic E-state index is 12.8. The van der Waals surface area contributed by atoms with Crippen molar-refractivity contribution < 1.29 is 14.5 Å². The van der Waals surface area contributed by atoms with Crippen molar-refractivity contribution in [2.75, 3.05) is 37.7 Å². The summed E-state index contributed by atoms with van der Waals surface area (Å²) in [6.45, 7) is 2.83. The average molecular weight is 395 g/mol. The zero-order valence-electron chi connectivity index (χ0n) is 16.3. The van der Waals surface area contributed by atoms with E-state index in [-0.39, 0.29) is 17.0 Å². The van der Waals surface area contributed by atoms with Gasteiger partial charge in [-0.1, -0.05) is 36.8 Å². The molecule has 0 atom stereocenters. The van der Waals surface area contributed by atoms with E-state index in [0.29, 0.717) is 44.1 Å². The van der Waals surface area contributed by atoms with Crippen LogP contribution in [0, 0.1) is 10.1 Å². The van der Waals surface area contributed by atoms with Crippen LogP contribution in [0.3, 0.4) is 0 Å². The second kappa shape index (κ2) is 8.21. The number of carbonyl (C=O) groups excluding carboxylic acids is 1. The molecule has 1 aliphatic carbocycles. The molecule has 1 aliphatic heterocycles. The molecule has 0 aromatic heterocycles. The van der Waals surface area contributed by atoms with Gasteiger partial charge in [0.25, 0.3) is 11.6 Å². The van der Waals surface area contributed by atoms with Crippen LogP contribution in [0.25, 0.3) is 0 Å². The summed E-state index contributed by atoms with van der Waals surface area (Å²) in [5, 5.41) is 14.6. The number of hydrogen-bond acceptors (Lipinski definition) is 5. The number of nitro groups is 1. The second-order valence-corrected chi connectivity index (χ2v) is 7.74. The van der Waals surface area contributed by atoms with Crippen molar-refractivity contribution in [1.82, 2.24) is 5.32 Å². The fraction of sp³-hybridized carbons (Fsp3) is 0.409. The van der Waals surface area contributed by atoms with Gasteiger partial charge in [0.05, 0.1) is 18.1 Å². The van der Waals surface area contributed by atoms with Gasteiger partial charge in [0.2, 0.25) is 0 Å². The maximum atomic E-state index is 12.8. The standard InChI is InChI=1S/C22H25N3O4/c26-21(23-16-22(9-4-10-22)18-5-2-1-3-6-18)17-7-8-19(20(15-17)25(27)28)24-11-13-29-14-12-24/h1-3,5-8,15H,4,9-14,16H2,(H,23,26). The number of amides is 1. The predicted octanol–water partition coefficient (Wildman–Crippen LogP) is 3.28. The Labute approximate surface area is 169 Å². The van der Waals surface area contributed by atoms with E-state index in [2.05, 4.69) is 17.4 Å². The lowest BCUT2D eigenvalue weighted by atomic mass is 9.64. The molecule has 0 radical (unpaired) electrons. The molecular formula is C22H25N3O4. The molecule has 152 valence electrons. The highest BCUT2D eigenvalue weighted by molar-refractivity contribution is 5.95. The van der Waals surface area contributed by atoms with Crippen LogP contribution in [0.1, 0.15) is 35.2 Å². The molecular weight excluding hydrogens is 370 g/mol. The third-order valence-corrected chi connectivity index (χ3v) is 6.07. The lowest BCUT2D eigenvalue weighted by molar-refractivity contribution is -0.384. The highest BCUT2D eigenvalue weighted by Crippen LogP contribution is 2.43. The molecule has 2 aromatic rings. The summed E-state index contributed by atoms with van der Waals surface area (Å²) in [7, 11) is 0. The third kappa shape index (κ3) is 3.96. The van der Waals surface area contributed by atoms with Gasteiger partial charge in [-0.05, 0) is 30.5 Å². The van der Waals surface area contributed by atoms with Crippen LogP contribution >= 0.6 is 0 Å². The predicted molar refractivity (Wildman–Crippen MR) is 110 cm³/mol. The first-order valence-corrected chi connectivity index (χ1v) is 10.0. The van der Waals surface area contributed by atoms with Gasteiger partial charge in [0, 0.05) is 36.7 Å². The monoisotopic (exact) mass is 395 g/mol. The Morgan fingerprint density at radius 3 is 2.48 bits per heavy atom. The Kier molecular flexibility index (Phi) is 5.49. The van der Waals surface area contributed by atoms with Gasteiger partial charge in [-0.3, -0.25) is 14.9 Å². The smallest absolute Gasteiger partial charge is 0.293 e. The number of hydrogen-bond donors (Lipinski definition) is 1. The number of ether oxygens (including phenoxy) is 1. The van der Waals surface area contributed by atoms with Gasteiger partial charge >= 0.3 is 0 Å². The Hall–Kier alpha value is -2.93. The fourth-order valence-corrected chi connectivity index (χ4v) is 4.20. The summed E-state index contributed by atoms with van der Waals surface area (Å²) >= 11 is 0. The summed E-state index contributed by atoms with van der Waals surface area (Å²) in [6.07, 6.45) is 3.21. The average Bonchev–Trinajstić information content (AvgIpc) is 2.74. The van der Waals surface area contributed by atoms with Crippen LogP contribution < -0.4 is 10.2 Å². The number of anilines is 1. The molecule has 1 N–H and O–H groups in total. The molecule has 2 aromatic carbocycles. The van der Waals surface area contributed by atoms with Crippen LogP contribution in [0.2, 0.25) is 0 Å². The zero-order chi connectivity index (χ0) is 20.3. The van der Waals surface area contributed by atoms with Gasteiger partial charge in [-0.25, -0.2) is 0 Å². The van der Waals surface area contributed by atoms with Gasteiger partial charge in [-0.2, -0.15) is 0 Å². The highest BCUT2D eigenvalue weighted by atomic mass is 16.6. The first kappa shape index (κ1) is 19.4. The molecule has 0 bridgehead atoms. The third-order valence-electron chi connectivity index (χ3n) is 6.07. The number of rotatable bonds is 6. The minimum absolute atomic E-state index is 0.0312. The van der Waals surface area contributed by atoms with Crippen LogP contribution in [-0.2, 0) is 10.2 Å². The summed E-state index contributed by atoms with van der Waals surface area (Å²) in [4.78, 5) is 25.9. The van der Waals surface area contributed by atoms with Crippen molar-refractivity contribution in [2.24, 2.45) is 0 Å². The molecule has 2 aliphatic rings. The van der Waals surface area contributed by atoms with Gasteiger partial charge < -0.3 is 15.0 Å². The molecule has 1 heterocycles. The normalized spacial score (nSPS) is 18.0. The van der Waals surface area contributed by atoms with E-state index in [1.165, 1.54) is 11.6 Å². The largest absolute Gasteiger partial charge is 0.378 e. The summed E-state index contributed by atoms with van der Waals surface area (Å²) in [5.41, 5.74) is 2.02. The lowest BCUT2D eigenvalue weighted by Gasteiger charge is -2.42. The quantitative estimate of drug-likeness (QED) is 0.599. The Bertz CT molecular complexity index is 890. The topological polar surface area (TPSA) is 84.7 Å². The van der Waals surface area contributed by atoms with Gasteiger partial charge in [0.1, 0.15) is 5.69 Å². The van der Waals surface area contributed by atoms with Gasteiger partial charge in [0.15, 0.2) is 0 Å². The van der Waals surface area contributed by atoms with E-state index in [1.54, 1.807) is 12.1 Å². The summed E-state index contributed by atoms with van der Waals surface area (Å²) in [6, 6.07) is 15.0. The molecule has 1 saturated heterocycles. The first-order chi connectivity index (χ1) is 14.1. The zero-order valence-corrected chi connectivity index (χ0v) is 16.3. The van der Waals surface area contributed by atoms with E-state index in [1.807, 2.05) is 23.1 Å². The van der Waals surface area contributed by atoms with Crippen LogP contribution in [0.15, 0.2) is 48.5 Å². The molecule has 4 rings (SSSR count). The van der Waals surface area contributed by atoms with Crippen LogP contribution in [-0.4, -0.2) is 43.7 Å². The van der Waals surface area contributed by atoms with Crippen LogP contribution in [0.4, 0.5) is 11.4 Å². The van der Waals surface area contributed by atoms with Crippen molar-refractivity contribution in [3.63, 3.8) is 0 Å².